The molecule has 1 aromatic rings. The van der Waals surface area contributed by atoms with E-state index in [4.69, 9.17) is 4.74 Å². The normalized spacial score (nSPS) is 20.0. The van der Waals surface area contributed by atoms with E-state index in [1.807, 2.05) is 0 Å². The molecule has 0 aromatic heterocycles. The van der Waals surface area contributed by atoms with E-state index in [0.717, 1.165) is 44.8 Å². The molecule has 18 heavy (non-hydrogen) atoms. The van der Waals surface area contributed by atoms with Crippen LogP contribution in [0.5, 0.6) is 0 Å². The predicted octanol–water partition coefficient (Wildman–Crippen LogP) is 1.43. The van der Waals surface area contributed by atoms with Gasteiger partial charge in [0.15, 0.2) is 0 Å². The zero-order valence-electron chi connectivity index (χ0n) is 10.2. The van der Waals surface area contributed by atoms with E-state index < -0.39 is 5.82 Å². The Morgan fingerprint density at radius 1 is 1.39 bits per heavy atom. The molecule has 1 aromatic carbocycles. The van der Waals surface area contributed by atoms with Crippen molar-refractivity contribution in [3.8, 4) is 0 Å². The van der Waals surface area contributed by atoms with Crippen LogP contribution < -0.4 is 10.6 Å². The Hall–Kier alpha value is -1.04. The van der Waals surface area contributed by atoms with Crippen molar-refractivity contribution < 1.29 is 13.5 Å². The molecule has 1 unspecified atom stereocenters. The maximum absolute atomic E-state index is 13.3. The third-order valence-corrected chi connectivity index (χ3v) is 2.97. The summed E-state index contributed by atoms with van der Waals surface area (Å²) in [5, 5.41) is 6.35. The molecule has 0 aliphatic carbocycles. The maximum Gasteiger partial charge on any atom is 0.127 e. The molecular formula is C13H18F2N2O. The molecular weight excluding hydrogens is 238 g/mol. The van der Waals surface area contributed by atoms with Crippen LogP contribution in [0.3, 0.4) is 0 Å². The van der Waals surface area contributed by atoms with Gasteiger partial charge >= 0.3 is 0 Å². The van der Waals surface area contributed by atoms with Crippen LogP contribution >= 0.6 is 0 Å². The average Bonchev–Trinajstić information content (AvgIpc) is 2.40. The first-order valence-corrected chi connectivity index (χ1v) is 6.22. The number of ether oxygens (including phenoxy) is 1. The Bertz CT molecular complexity index is 381. The second-order valence-electron chi connectivity index (χ2n) is 4.40. The molecule has 5 heteroatoms. The van der Waals surface area contributed by atoms with Crippen LogP contribution in [0.25, 0.3) is 0 Å². The highest BCUT2D eigenvalue weighted by Gasteiger charge is 2.12. The molecule has 100 valence electrons. The van der Waals surface area contributed by atoms with Gasteiger partial charge in [-0.05, 0) is 31.2 Å². The van der Waals surface area contributed by atoms with Gasteiger partial charge in [-0.1, -0.05) is 0 Å². The van der Waals surface area contributed by atoms with Gasteiger partial charge in [-0.15, -0.1) is 0 Å². The summed E-state index contributed by atoms with van der Waals surface area (Å²) >= 11 is 0. The van der Waals surface area contributed by atoms with Gasteiger partial charge in [0, 0.05) is 25.2 Å². The van der Waals surface area contributed by atoms with E-state index in [2.05, 4.69) is 10.6 Å². The zero-order valence-corrected chi connectivity index (χ0v) is 10.2. The lowest BCUT2D eigenvalue weighted by molar-refractivity contribution is 0.0238. The minimum absolute atomic E-state index is 0.212. The molecule has 0 radical (unpaired) electrons. The van der Waals surface area contributed by atoms with Crippen molar-refractivity contribution >= 4 is 0 Å². The van der Waals surface area contributed by atoms with Crippen LogP contribution in [-0.2, 0) is 11.3 Å². The quantitative estimate of drug-likeness (QED) is 0.782. The third-order valence-electron chi connectivity index (χ3n) is 2.97. The van der Waals surface area contributed by atoms with Crippen molar-refractivity contribution in [2.75, 3.05) is 26.2 Å². The highest BCUT2D eigenvalue weighted by molar-refractivity contribution is 5.18. The van der Waals surface area contributed by atoms with Crippen LogP contribution in [0.1, 0.15) is 12.0 Å². The molecule has 0 bridgehead atoms. The van der Waals surface area contributed by atoms with Gasteiger partial charge in [-0.2, -0.15) is 0 Å². The molecule has 0 amide bonds. The minimum Gasteiger partial charge on any atom is -0.376 e. The van der Waals surface area contributed by atoms with Gasteiger partial charge in [0.1, 0.15) is 11.6 Å². The third kappa shape index (κ3) is 4.01. The molecule has 2 rings (SSSR count). The number of hydrogen-bond acceptors (Lipinski definition) is 3. The standard InChI is InChI=1S/C13H18F2N2O/c14-11-1-2-13(15)10(7-11)8-16-4-3-12-9-17-5-6-18-12/h1-2,7,12,16-17H,3-6,8-9H2. The summed E-state index contributed by atoms with van der Waals surface area (Å²) in [6, 6.07) is 3.50. The largest absolute Gasteiger partial charge is 0.376 e. The fraction of sp³-hybridized carbons (Fsp3) is 0.538. The summed E-state index contributed by atoms with van der Waals surface area (Å²) in [5.41, 5.74) is 0.359. The summed E-state index contributed by atoms with van der Waals surface area (Å²) < 4.78 is 31.8. The van der Waals surface area contributed by atoms with E-state index in [1.165, 1.54) is 6.07 Å². The van der Waals surface area contributed by atoms with E-state index in [-0.39, 0.29) is 11.9 Å². The summed E-state index contributed by atoms with van der Waals surface area (Å²) in [6.45, 7) is 3.56. The predicted molar refractivity (Wildman–Crippen MR) is 65.3 cm³/mol. The fourth-order valence-electron chi connectivity index (χ4n) is 1.97. The summed E-state index contributed by atoms with van der Waals surface area (Å²) in [7, 11) is 0. The van der Waals surface area contributed by atoms with Gasteiger partial charge in [-0.25, -0.2) is 8.78 Å². The molecule has 1 saturated heterocycles. The fourth-order valence-corrected chi connectivity index (χ4v) is 1.97. The monoisotopic (exact) mass is 256 g/mol. The maximum atomic E-state index is 13.3. The first kappa shape index (κ1) is 13.4. The van der Waals surface area contributed by atoms with Crippen LogP contribution in [0.2, 0.25) is 0 Å². The Morgan fingerprint density at radius 3 is 3.06 bits per heavy atom. The first-order chi connectivity index (χ1) is 8.75. The van der Waals surface area contributed by atoms with Crippen molar-refractivity contribution in [1.29, 1.82) is 0 Å². The Kier molecular flexibility index (Phi) is 5.04. The summed E-state index contributed by atoms with van der Waals surface area (Å²) in [4.78, 5) is 0. The molecule has 1 aliphatic rings. The number of morpholine rings is 1. The lowest BCUT2D eigenvalue weighted by Gasteiger charge is -2.23. The molecule has 3 nitrogen and oxygen atoms in total. The Balaban J connectivity index is 1.69. The number of rotatable bonds is 5. The van der Waals surface area contributed by atoms with Crippen LogP contribution in [0.15, 0.2) is 18.2 Å². The second kappa shape index (κ2) is 6.78. The Labute approximate surface area is 106 Å². The molecule has 1 fully saturated rings. The van der Waals surface area contributed by atoms with Crippen molar-refractivity contribution in [2.45, 2.75) is 19.1 Å². The van der Waals surface area contributed by atoms with Gasteiger partial charge in [0.05, 0.1) is 12.7 Å². The van der Waals surface area contributed by atoms with Crippen LogP contribution in [0, 0.1) is 11.6 Å². The highest BCUT2D eigenvalue weighted by atomic mass is 19.1. The first-order valence-electron chi connectivity index (χ1n) is 6.22. The lowest BCUT2D eigenvalue weighted by atomic mass is 10.2. The van der Waals surface area contributed by atoms with Gasteiger partial charge in [0.25, 0.3) is 0 Å². The van der Waals surface area contributed by atoms with Gasteiger partial charge < -0.3 is 15.4 Å². The van der Waals surface area contributed by atoms with E-state index in [0.29, 0.717) is 12.1 Å². The number of benzene rings is 1. The average molecular weight is 256 g/mol. The molecule has 0 saturated carbocycles. The van der Waals surface area contributed by atoms with Crippen molar-refractivity contribution in [1.82, 2.24) is 10.6 Å². The summed E-state index contributed by atoms with van der Waals surface area (Å²) in [5.74, 6) is -0.785. The number of nitrogens with one attached hydrogen (secondary N) is 2. The SMILES string of the molecule is Fc1ccc(F)c(CNCCC2CNCCO2)c1. The molecule has 2 N–H and O–H groups in total. The molecule has 0 spiro atoms. The van der Waals surface area contributed by atoms with Crippen molar-refractivity contribution in [3.05, 3.63) is 35.4 Å². The van der Waals surface area contributed by atoms with Crippen molar-refractivity contribution in [2.24, 2.45) is 0 Å². The molecule has 1 atom stereocenters. The zero-order chi connectivity index (χ0) is 12.8. The minimum atomic E-state index is -0.409. The van der Waals surface area contributed by atoms with Crippen LogP contribution in [0.4, 0.5) is 8.78 Å². The number of hydrogen-bond donors (Lipinski definition) is 2. The molecule has 1 aliphatic heterocycles. The highest BCUT2D eigenvalue weighted by Crippen LogP contribution is 2.09. The van der Waals surface area contributed by atoms with Crippen molar-refractivity contribution in [3.63, 3.8) is 0 Å². The topological polar surface area (TPSA) is 33.3 Å². The molecule has 1 heterocycles. The van der Waals surface area contributed by atoms with E-state index in [9.17, 15) is 8.78 Å². The smallest absolute Gasteiger partial charge is 0.127 e. The second-order valence-corrected chi connectivity index (χ2v) is 4.40. The summed E-state index contributed by atoms with van der Waals surface area (Å²) in [6.07, 6.45) is 1.08. The lowest BCUT2D eigenvalue weighted by Crippen LogP contribution is -2.39. The van der Waals surface area contributed by atoms with Gasteiger partial charge in [-0.3, -0.25) is 0 Å². The Morgan fingerprint density at radius 2 is 2.28 bits per heavy atom. The van der Waals surface area contributed by atoms with E-state index in [1.54, 1.807) is 0 Å². The number of halogens is 2. The van der Waals surface area contributed by atoms with Crippen LogP contribution in [-0.4, -0.2) is 32.3 Å². The van der Waals surface area contributed by atoms with E-state index >= 15 is 0 Å². The van der Waals surface area contributed by atoms with Gasteiger partial charge in [0.2, 0.25) is 0 Å².